The summed E-state index contributed by atoms with van der Waals surface area (Å²) in [4.78, 5) is 0. The van der Waals surface area contributed by atoms with E-state index < -0.39 is 0 Å². The van der Waals surface area contributed by atoms with Crippen LogP contribution in [0.25, 0.3) is 0 Å². The van der Waals surface area contributed by atoms with Crippen molar-refractivity contribution in [3.05, 3.63) is 29.8 Å². The Bertz CT molecular complexity index is 277. The van der Waals surface area contributed by atoms with Gasteiger partial charge in [0.05, 0.1) is 0 Å². The number of nitrogens with one attached hydrogen (secondary N) is 2. The number of benzene rings is 1. The fourth-order valence-electron chi connectivity index (χ4n) is 1.65. The van der Waals surface area contributed by atoms with E-state index in [-0.39, 0.29) is 0 Å². The Balaban J connectivity index is 2.27. The lowest BCUT2D eigenvalue weighted by atomic mass is 10.0. The molecule has 0 amide bonds. The topological polar surface area (TPSA) is 24.1 Å². The third-order valence-corrected chi connectivity index (χ3v) is 2.76. The van der Waals surface area contributed by atoms with E-state index in [0.717, 1.165) is 13.1 Å². The van der Waals surface area contributed by atoms with Crippen molar-refractivity contribution >= 4 is 5.69 Å². The van der Waals surface area contributed by atoms with Crippen LogP contribution in [-0.2, 0) is 0 Å². The van der Waals surface area contributed by atoms with E-state index in [0.29, 0.717) is 5.92 Å². The van der Waals surface area contributed by atoms with E-state index in [1.165, 1.54) is 24.1 Å². The number of hydrogen-bond acceptors (Lipinski definition) is 2. The number of unbranched alkanes of at least 4 members (excludes halogenated alkanes) is 1. The molecule has 0 aliphatic carbocycles. The van der Waals surface area contributed by atoms with E-state index in [1.807, 2.05) is 7.05 Å². The zero-order valence-corrected chi connectivity index (χ0v) is 10.7. The lowest BCUT2D eigenvalue weighted by Gasteiger charge is -2.09. The van der Waals surface area contributed by atoms with Crippen LogP contribution in [0.5, 0.6) is 0 Å². The molecule has 0 saturated carbocycles. The highest BCUT2D eigenvalue weighted by Gasteiger charge is 1.98. The summed E-state index contributed by atoms with van der Waals surface area (Å²) >= 11 is 0. The van der Waals surface area contributed by atoms with Gasteiger partial charge in [-0.1, -0.05) is 26.0 Å². The molecule has 0 aromatic heterocycles. The quantitative estimate of drug-likeness (QED) is 0.689. The Kier molecular flexibility index (Phi) is 5.94. The largest absolute Gasteiger partial charge is 0.385 e. The van der Waals surface area contributed by atoms with Gasteiger partial charge < -0.3 is 10.6 Å². The van der Waals surface area contributed by atoms with Gasteiger partial charge in [0, 0.05) is 12.2 Å². The summed E-state index contributed by atoms with van der Waals surface area (Å²) in [6, 6.07) is 8.77. The van der Waals surface area contributed by atoms with Gasteiger partial charge in [-0.2, -0.15) is 0 Å². The highest BCUT2D eigenvalue weighted by Crippen LogP contribution is 2.16. The van der Waals surface area contributed by atoms with Crippen molar-refractivity contribution in [3.63, 3.8) is 0 Å². The van der Waals surface area contributed by atoms with Crippen LogP contribution in [0.1, 0.15) is 38.2 Å². The Labute approximate surface area is 99.5 Å². The van der Waals surface area contributed by atoms with Gasteiger partial charge in [0.1, 0.15) is 0 Å². The second kappa shape index (κ2) is 7.29. The van der Waals surface area contributed by atoms with E-state index in [2.05, 4.69) is 48.7 Å². The third kappa shape index (κ3) is 4.67. The SMILES string of the molecule is CNCCCCNc1ccc(C(C)C)cc1. The highest BCUT2D eigenvalue weighted by atomic mass is 14.9. The zero-order valence-electron chi connectivity index (χ0n) is 10.7. The maximum absolute atomic E-state index is 3.44. The molecule has 1 aromatic carbocycles. The summed E-state index contributed by atoms with van der Waals surface area (Å²) in [7, 11) is 2.00. The molecule has 0 fully saturated rings. The molecule has 0 unspecified atom stereocenters. The average molecular weight is 220 g/mol. The molecule has 0 radical (unpaired) electrons. The molecule has 0 bridgehead atoms. The molecule has 2 N–H and O–H groups in total. The first kappa shape index (κ1) is 13.0. The average Bonchev–Trinajstić information content (AvgIpc) is 2.29. The van der Waals surface area contributed by atoms with Crippen molar-refractivity contribution in [2.75, 3.05) is 25.5 Å². The lowest BCUT2D eigenvalue weighted by Crippen LogP contribution is -2.10. The van der Waals surface area contributed by atoms with Crippen molar-refractivity contribution in [1.29, 1.82) is 0 Å². The van der Waals surface area contributed by atoms with Crippen molar-refractivity contribution in [1.82, 2.24) is 5.32 Å². The maximum atomic E-state index is 3.44. The van der Waals surface area contributed by atoms with Gasteiger partial charge in [0.25, 0.3) is 0 Å². The zero-order chi connectivity index (χ0) is 11.8. The van der Waals surface area contributed by atoms with Gasteiger partial charge in [-0.25, -0.2) is 0 Å². The first-order valence-electron chi connectivity index (χ1n) is 6.22. The normalized spacial score (nSPS) is 10.8. The summed E-state index contributed by atoms with van der Waals surface area (Å²) < 4.78 is 0. The van der Waals surface area contributed by atoms with Crippen LogP contribution in [-0.4, -0.2) is 20.1 Å². The maximum Gasteiger partial charge on any atom is 0.0340 e. The van der Waals surface area contributed by atoms with Crippen LogP contribution in [0.3, 0.4) is 0 Å². The monoisotopic (exact) mass is 220 g/mol. The van der Waals surface area contributed by atoms with Crippen LogP contribution in [0, 0.1) is 0 Å². The van der Waals surface area contributed by atoms with Crippen LogP contribution in [0.15, 0.2) is 24.3 Å². The Morgan fingerprint density at radius 1 is 1.00 bits per heavy atom. The smallest absolute Gasteiger partial charge is 0.0340 e. The van der Waals surface area contributed by atoms with Crippen molar-refractivity contribution in [3.8, 4) is 0 Å². The van der Waals surface area contributed by atoms with E-state index in [4.69, 9.17) is 0 Å². The van der Waals surface area contributed by atoms with Gasteiger partial charge in [0.15, 0.2) is 0 Å². The minimum atomic E-state index is 0.615. The first-order chi connectivity index (χ1) is 7.74. The molecule has 0 aliphatic rings. The summed E-state index contributed by atoms with van der Waals surface area (Å²) in [5.74, 6) is 0.615. The molecule has 0 spiro atoms. The van der Waals surface area contributed by atoms with Gasteiger partial charge in [-0.3, -0.25) is 0 Å². The van der Waals surface area contributed by atoms with Crippen LogP contribution < -0.4 is 10.6 Å². The molecule has 0 heterocycles. The predicted molar refractivity (Wildman–Crippen MR) is 72.2 cm³/mol. The number of rotatable bonds is 7. The third-order valence-electron chi connectivity index (χ3n) is 2.76. The molecule has 0 aliphatic heterocycles. The number of hydrogen-bond donors (Lipinski definition) is 2. The minimum absolute atomic E-state index is 0.615. The summed E-state index contributed by atoms with van der Waals surface area (Å²) in [6.07, 6.45) is 2.44. The van der Waals surface area contributed by atoms with Crippen molar-refractivity contribution in [2.45, 2.75) is 32.6 Å². The van der Waals surface area contributed by atoms with E-state index in [9.17, 15) is 0 Å². The van der Waals surface area contributed by atoms with Gasteiger partial charge in [-0.15, -0.1) is 0 Å². The van der Waals surface area contributed by atoms with E-state index in [1.54, 1.807) is 0 Å². The highest BCUT2D eigenvalue weighted by molar-refractivity contribution is 5.44. The minimum Gasteiger partial charge on any atom is -0.385 e. The second-order valence-corrected chi connectivity index (χ2v) is 4.51. The fraction of sp³-hybridized carbons (Fsp3) is 0.571. The fourth-order valence-corrected chi connectivity index (χ4v) is 1.65. The molecule has 2 nitrogen and oxygen atoms in total. The van der Waals surface area contributed by atoms with Crippen molar-refractivity contribution in [2.24, 2.45) is 0 Å². The molecule has 16 heavy (non-hydrogen) atoms. The Morgan fingerprint density at radius 2 is 1.62 bits per heavy atom. The molecule has 2 heteroatoms. The summed E-state index contributed by atoms with van der Waals surface area (Å²) in [6.45, 7) is 6.61. The molecular formula is C14H24N2. The Hall–Kier alpha value is -1.02. The van der Waals surface area contributed by atoms with Gasteiger partial charge in [0.2, 0.25) is 0 Å². The van der Waals surface area contributed by atoms with Crippen LogP contribution >= 0.6 is 0 Å². The summed E-state index contributed by atoms with van der Waals surface area (Å²) in [5.41, 5.74) is 2.63. The molecule has 90 valence electrons. The molecular weight excluding hydrogens is 196 g/mol. The first-order valence-corrected chi connectivity index (χ1v) is 6.22. The molecule has 0 atom stereocenters. The summed E-state index contributed by atoms with van der Waals surface area (Å²) in [5, 5.41) is 6.60. The lowest BCUT2D eigenvalue weighted by molar-refractivity contribution is 0.694. The van der Waals surface area contributed by atoms with Crippen LogP contribution in [0.4, 0.5) is 5.69 Å². The van der Waals surface area contributed by atoms with Crippen LogP contribution in [0.2, 0.25) is 0 Å². The number of anilines is 1. The van der Waals surface area contributed by atoms with Gasteiger partial charge >= 0.3 is 0 Å². The molecule has 0 saturated heterocycles. The molecule has 1 aromatic rings. The van der Waals surface area contributed by atoms with Gasteiger partial charge in [-0.05, 0) is 50.0 Å². The standard InChI is InChI=1S/C14H24N2/c1-12(2)13-6-8-14(9-7-13)16-11-5-4-10-15-3/h6-9,12,15-16H,4-5,10-11H2,1-3H3. The Morgan fingerprint density at radius 3 is 2.19 bits per heavy atom. The predicted octanol–water partition coefficient (Wildman–Crippen LogP) is 3.22. The second-order valence-electron chi connectivity index (χ2n) is 4.51. The van der Waals surface area contributed by atoms with Crippen molar-refractivity contribution < 1.29 is 0 Å². The molecule has 1 rings (SSSR count). The van der Waals surface area contributed by atoms with E-state index >= 15 is 0 Å².